The number of amides is 1. The molecular weight excluding hydrogens is 286 g/mol. The smallest absolute Gasteiger partial charge is 0.264 e. The summed E-state index contributed by atoms with van der Waals surface area (Å²) in [7, 11) is 1.95. The zero-order valence-corrected chi connectivity index (χ0v) is 13.1. The first-order chi connectivity index (χ1) is 10.2. The number of hydrogen-bond acceptors (Lipinski definition) is 4. The molecule has 21 heavy (non-hydrogen) atoms. The number of carbonyl (C=O) groups excluding carboxylic acids is 1. The molecule has 0 fully saturated rings. The monoisotopic (exact) mass is 305 g/mol. The minimum absolute atomic E-state index is 0.0981. The average molecular weight is 305 g/mol. The van der Waals surface area contributed by atoms with Crippen LogP contribution >= 0.6 is 11.3 Å². The lowest BCUT2D eigenvalue weighted by Gasteiger charge is -2.32. The van der Waals surface area contributed by atoms with Gasteiger partial charge < -0.3 is 9.64 Å². The van der Waals surface area contributed by atoms with E-state index in [2.05, 4.69) is 5.10 Å². The SMILES string of the molecule is CCOCC1CN(C(=O)c2cccs2)Cc2cnn(C)c21. The van der Waals surface area contributed by atoms with Crippen LogP contribution in [-0.4, -0.2) is 40.3 Å². The third-order valence-electron chi connectivity index (χ3n) is 3.80. The van der Waals surface area contributed by atoms with E-state index in [-0.39, 0.29) is 11.8 Å². The number of hydrogen-bond donors (Lipinski definition) is 0. The first-order valence-electron chi connectivity index (χ1n) is 7.12. The summed E-state index contributed by atoms with van der Waals surface area (Å²) in [4.78, 5) is 15.3. The predicted octanol–water partition coefficient (Wildman–Crippen LogP) is 2.26. The molecule has 1 aliphatic heterocycles. The topological polar surface area (TPSA) is 47.4 Å². The van der Waals surface area contributed by atoms with Gasteiger partial charge in [-0.25, -0.2) is 0 Å². The number of carbonyl (C=O) groups is 1. The van der Waals surface area contributed by atoms with Gasteiger partial charge in [0.15, 0.2) is 0 Å². The van der Waals surface area contributed by atoms with Crippen LogP contribution in [0.15, 0.2) is 23.7 Å². The summed E-state index contributed by atoms with van der Waals surface area (Å²) in [5.41, 5.74) is 2.32. The fraction of sp³-hybridized carbons (Fsp3) is 0.467. The van der Waals surface area contributed by atoms with Gasteiger partial charge in [0.2, 0.25) is 0 Å². The number of rotatable bonds is 4. The van der Waals surface area contributed by atoms with Gasteiger partial charge in [-0.05, 0) is 18.4 Å². The third kappa shape index (κ3) is 2.73. The maximum absolute atomic E-state index is 12.6. The van der Waals surface area contributed by atoms with Gasteiger partial charge >= 0.3 is 0 Å². The van der Waals surface area contributed by atoms with Crippen LogP contribution in [0.2, 0.25) is 0 Å². The van der Waals surface area contributed by atoms with E-state index in [0.29, 0.717) is 26.3 Å². The van der Waals surface area contributed by atoms with Crippen molar-refractivity contribution in [3.05, 3.63) is 39.8 Å². The number of nitrogens with zero attached hydrogens (tertiary/aromatic N) is 3. The highest BCUT2D eigenvalue weighted by molar-refractivity contribution is 7.12. The number of fused-ring (bicyclic) bond motifs is 1. The zero-order valence-electron chi connectivity index (χ0n) is 12.3. The van der Waals surface area contributed by atoms with Crippen LogP contribution in [0.3, 0.4) is 0 Å². The van der Waals surface area contributed by atoms with Gasteiger partial charge in [0.05, 0.1) is 23.4 Å². The Morgan fingerprint density at radius 3 is 3.14 bits per heavy atom. The predicted molar refractivity (Wildman–Crippen MR) is 81.5 cm³/mol. The molecule has 1 unspecified atom stereocenters. The summed E-state index contributed by atoms with van der Waals surface area (Å²) >= 11 is 1.49. The van der Waals surface area contributed by atoms with E-state index in [0.717, 1.165) is 10.4 Å². The molecule has 0 saturated heterocycles. The highest BCUT2D eigenvalue weighted by Crippen LogP contribution is 2.29. The second-order valence-electron chi connectivity index (χ2n) is 5.20. The zero-order chi connectivity index (χ0) is 14.8. The molecule has 1 atom stereocenters. The van der Waals surface area contributed by atoms with E-state index in [1.807, 2.05) is 47.3 Å². The van der Waals surface area contributed by atoms with E-state index < -0.39 is 0 Å². The highest BCUT2D eigenvalue weighted by atomic mass is 32.1. The first-order valence-corrected chi connectivity index (χ1v) is 8.00. The Kier molecular flexibility index (Phi) is 4.07. The number of thiophene rings is 1. The van der Waals surface area contributed by atoms with Crippen molar-refractivity contribution >= 4 is 17.2 Å². The van der Waals surface area contributed by atoms with Crippen LogP contribution in [0.5, 0.6) is 0 Å². The Bertz CT molecular complexity index is 621. The van der Waals surface area contributed by atoms with Crippen molar-refractivity contribution in [2.24, 2.45) is 7.05 Å². The van der Waals surface area contributed by atoms with Crippen molar-refractivity contribution in [3.8, 4) is 0 Å². The minimum Gasteiger partial charge on any atom is -0.381 e. The molecule has 3 heterocycles. The van der Waals surface area contributed by atoms with Crippen molar-refractivity contribution in [3.63, 3.8) is 0 Å². The summed E-state index contributed by atoms with van der Waals surface area (Å²) in [5, 5.41) is 6.27. The first kappa shape index (κ1) is 14.3. The summed E-state index contributed by atoms with van der Waals surface area (Å²) < 4.78 is 7.51. The van der Waals surface area contributed by atoms with Crippen LogP contribution < -0.4 is 0 Å². The maximum Gasteiger partial charge on any atom is 0.264 e. The summed E-state index contributed by atoms with van der Waals surface area (Å²) in [6.07, 6.45) is 1.86. The average Bonchev–Trinajstić information content (AvgIpc) is 3.14. The largest absolute Gasteiger partial charge is 0.381 e. The lowest BCUT2D eigenvalue weighted by Crippen LogP contribution is -2.39. The van der Waals surface area contributed by atoms with Crippen molar-refractivity contribution in [2.75, 3.05) is 19.8 Å². The van der Waals surface area contributed by atoms with Crippen LogP contribution in [0.25, 0.3) is 0 Å². The molecule has 0 radical (unpaired) electrons. The van der Waals surface area contributed by atoms with Gasteiger partial charge in [0, 0.05) is 38.2 Å². The van der Waals surface area contributed by atoms with Crippen LogP contribution in [-0.2, 0) is 18.3 Å². The molecule has 0 bridgehead atoms. The number of aryl methyl sites for hydroxylation is 1. The van der Waals surface area contributed by atoms with Gasteiger partial charge in [-0.1, -0.05) is 6.07 Å². The molecule has 0 aromatic carbocycles. The Balaban J connectivity index is 1.85. The second-order valence-corrected chi connectivity index (χ2v) is 6.15. The molecule has 2 aromatic heterocycles. The fourth-order valence-electron chi connectivity index (χ4n) is 2.87. The third-order valence-corrected chi connectivity index (χ3v) is 4.65. The lowest BCUT2D eigenvalue weighted by molar-refractivity contribution is 0.0652. The quantitative estimate of drug-likeness (QED) is 0.870. The number of aromatic nitrogens is 2. The van der Waals surface area contributed by atoms with Crippen LogP contribution in [0.1, 0.15) is 33.8 Å². The van der Waals surface area contributed by atoms with Gasteiger partial charge in [-0.15, -0.1) is 11.3 Å². The second kappa shape index (κ2) is 5.99. The molecule has 0 saturated carbocycles. The number of ether oxygens (including phenoxy) is 1. The molecule has 5 nitrogen and oxygen atoms in total. The summed E-state index contributed by atoms with van der Waals surface area (Å²) in [6, 6.07) is 3.79. The normalized spacial score (nSPS) is 17.8. The lowest BCUT2D eigenvalue weighted by atomic mass is 9.97. The van der Waals surface area contributed by atoms with Gasteiger partial charge in [-0.3, -0.25) is 9.48 Å². The molecule has 0 spiro atoms. The van der Waals surface area contributed by atoms with E-state index in [1.165, 1.54) is 17.0 Å². The highest BCUT2D eigenvalue weighted by Gasteiger charge is 2.31. The molecule has 3 rings (SSSR count). The standard InChI is InChI=1S/C15H19N3O2S/c1-3-20-10-12-9-18(15(19)13-5-4-6-21-13)8-11-7-16-17(2)14(11)12/h4-7,12H,3,8-10H2,1-2H3. The maximum atomic E-state index is 12.6. The molecule has 112 valence electrons. The van der Waals surface area contributed by atoms with Crippen LogP contribution in [0.4, 0.5) is 0 Å². The molecule has 6 heteroatoms. The Hall–Kier alpha value is -1.66. The van der Waals surface area contributed by atoms with Gasteiger partial charge in [0.1, 0.15) is 0 Å². The van der Waals surface area contributed by atoms with E-state index in [9.17, 15) is 4.79 Å². The van der Waals surface area contributed by atoms with E-state index >= 15 is 0 Å². The fourth-order valence-corrected chi connectivity index (χ4v) is 3.56. The van der Waals surface area contributed by atoms with Crippen molar-refractivity contribution in [1.82, 2.24) is 14.7 Å². The Labute approximate surface area is 128 Å². The molecule has 2 aromatic rings. The van der Waals surface area contributed by atoms with Gasteiger partial charge in [-0.2, -0.15) is 5.10 Å². The molecule has 1 aliphatic rings. The van der Waals surface area contributed by atoms with E-state index in [1.54, 1.807) is 0 Å². The Morgan fingerprint density at radius 1 is 1.57 bits per heavy atom. The Morgan fingerprint density at radius 2 is 2.43 bits per heavy atom. The van der Waals surface area contributed by atoms with E-state index in [4.69, 9.17) is 4.74 Å². The van der Waals surface area contributed by atoms with Gasteiger partial charge in [0.25, 0.3) is 5.91 Å². The van der Waals surface area contributed by atoms with Crippen molar-refractivity contribution < 1.29 is 9.53 Å². The molecule has 1 amide bonds. The van der Waals surface area contributed by atoms with Crippen molar-refractivity contribution in [2.45, 2.75) is 19.4 Å². The molecule has 0 aliphatic carbocycles. The molecule has 0 N–H and O–H groups in total. The molecular formula is C15H19N3O2S. The van der Waals surface area contributed by atoms with Crippen molar-refractivity contribution in [1.29, 1.82) is 0 Å². The minimum atomic E-state index is 0.0981. The van der Waals surface area contributed by atoms with Crippen LogP contribution in [0, 0.1) is 0 Å². The summed E-state index contributed by atoms with van der Waals surface area (Å²) in [5.74, 6) is 0.283. The summed E-state index contributed by atoms with van der Waals surface area (Å²) in [6.45, 7) is 4.60.